The van der Waals surface area contributed by atoms with Gasteiger partial charge in [-0.15, -0.1) is 0 Å². The van der Waals surface area contributed by atoms with E-state index >= 15 is 0 Å². The molecule has 25 heavy (non-hydrogen) atoms. The first-order valence-electron chi connectivity index (χ1n) is 8.94. The zero-order valence-electron chi connectivity index (χ0n) is 14.6. The topological polar surface area (TPSA) is 78.9 Å². The molecule has 2 N–H and O–H groups in total. The Morgan fingerprint density at radius 2 is 2.00 bits per heavy atom. The molecule has 2 amide bonds. The minimum absolute atomic E-state index is 0.0722. The Bertz CT molecular complexity index is 605. The average molecular weight is 346 g/mol. The van der Waals surface area contributed by atoms with Crippen molar-refractivity contribution in [3.63, 3.8) is 0 Å². The fourth-order valence-electron chi connectivity index (χ4n) is 3.69. The van der Waals surface area contributed by atoms with Gasteiger partial charge in [-0.05, 0) is 30.2 Å². The van der Waals surface area contributed by atoms with Crippen molar-refractivity contribution in [2.24, 2.45) is 5.41 Å². The van der Waals surface area contributed by atoms with E-state index in [-0.39, 0.29) is 30.4 Å². The molecule has 2 saturated heterocycles. The van der Waals surface area contributed by atoms with Crippen molar-refractivity contribution in [3.8, 4) is 0 Å². The molecular formula is C19H26N2O4. The number of carbonyl (C=O) groups is 2. The van der Waals surface area contributed by atoms with Gasteiger partial charge in [-0.3, -0.25) is 9.59 Å². The summed E-state index contributed by atoms with van der Waals surface area (Å²) in [7, 11) is 0. The van der Waals surface area contributed by atoms with Gasteiger partial charge in [0, 0.05) is 19.7 Å². The van der Waals surface area contributed by atoms with Gasteiger partial charge in [-0.25, -0.2) is 0 Å². The van der Waals surface area contributed by atoms with Gasteiger partial charge in [0.2, 0.25) is 5.91 Å². The summed E-state index contributed by atoms with van der Waals surface area (Å²) >= 11 is 0. The van der Waals surface area contributed by atoms with Crippen LogP contribution in [0, 0.1) is 5.41 Å². The van der Waals surface area contributed by atoms with Gasteiger partial charge in [-0.2, -0.15) is 0 Å². The van der Waals surface area contributed by atoms with E-state index in [0.29, 0.717) is 13.1 Å². The van der Waals surface area contributed by atoms with Gasteiger partial charge in [0.1, 0.15) is 6.61 Å². The standard InChI is InChI=1S/C19H26N2O4/c1-2-19(13-22)8-10-21(11-9-19)18(24)17-16(20-15(23)12-25-17)14-6-4-3-5-7-14/h3-7,16-17,22H,2,8-13H2,1H3,(H,20,23)/t16-,17+/m1/s1. The number of piperidine rings is 1. The second-order valence-electron chi connectivity index (χ2n) is 7.02. The minimum atomic E-state index is -0.705. The van der Waals surface area contributed by atoms with Crippen molar-refractivity contribution >= 4 is 11.8 Å². The third-order valence-electron chi connectivity index (χ3n) is 5.64. The molecule has 0 bridgehead atoms. The molecule has 2 heterocycles. The van der Waals surface area contributed by atoms with Crippen LogP contribution in [-0.2, 0) is 14.3 Å². The van der Waals surface area contributed by atoms with Crippen LogP contribution in [0.25, 0.3) is 0 Å². The molecule has 0 saturated carbocycles. The summed E-state index contributed by atoms with van der Waals surface area (Å²) < 4.78 is 5.62. The van der Waals surface area contributed by atoms with Gasteiger partial charge in [0.05, 0.1) is 6.04 Å². The van der Waals surface area contributed by atoms with Crippen molar-refractivity contribution in [3.05, 3.63) is 35.9 Å². The Kier molecular flexibility index (Phi) is 5.39. The molecule has 2 fully saturated rings. The van der Waals surface area contributed by atoms with Gasteiger partial charge in [0.15, 0.2) is 6.10 Å². The monoisotopic (exact) mass is 346 g/mol. The highest BCUT2D eigenvalue weighted by Crippen LogP contribution is 2.35. The number of rotatable bonds is 4. The molecule has 0 radical (unpaired) electrons. The lowest BCUT2D eigenvalue weighted by atomic mass is 9.77. The number of hydrogen-bond donors (Lipinski definition) is 2. The Balaban J connectivity index is 1.73. The van der Waals surface area contributed by atoms with E-state index in [0.717, 1.165) is 24.8 Å². The molecule has 2 atom stereocenters. The number of nitrogens with zero attached hydrogens (tertiary/aromatic N) is 1. The lowest BCUT2D eigenvalue weighted by molar-refractivity contribution is -0.157. The number of benzene rings is 1. The Labute approximate surface area is 148 Å². The van der Waals surface area contributed by atoms with Crippen LogP contribution >= 0.6 is 0 Å². The summed E-state index contributed by atoms with van der Waals surface area (Å²) in [6.45, 7) is 3.38. The average Bonchev–Trinajstić information content (AvgIpc) is 2.68. The van der Waals surface area contributed by atoms with Crippen molar-refractivity contribution < 1.29 is 19.4 Å². The van der Waals surface area contributed by atoms with Crippen LogP contribution in [0.2, 0.25) is 0 Å². The summed E-state index contributed by atoms with van der Waals surface area (Å²) in [5.74, 6) is -0.293. The molecule has 0 aliphatic carbocycles. The third kappa shape index (κ3) is 3.70. The lowest BCUT2D eigenvalue weighted by Crippen LogP contribution is -2.55. The van der Waals surface area contributed by atoms with Crippen LogP contribution in [0.15, 0.2) is 30.3 Å². The number of carbonyl (C=O) groups excluding carboxylic acids is 2. The number of aliphatic hydroxyl groups is 1. The maximum Gasteiger partial charge on any atom is 0.254 e. The third-order valence-corrected chi connectivity index (χ3v) is 5.64. The molecule has 2 aliphatic rings. The van der Waals surface area contributed by atoms with Gasteiger partial charge in [0.25, 0.3) is 5.91 Å². The van der Waals surface area contributed by atoms with Crippen molar-refractivity contribution in [1.29, 1.82) is 0 Å². The van der Waals surface area contributed by atoms with Crippen LogP contribution in [-0.4, -0.2) is 54.2 Å². The molecule has 0 spiro atoms. The van der Waals surface area contributed by atoms with Gasteiger partial charge in [-0.1, -0.05) is 37.3 Å². The molecule has 3 rings (SSSR count). The van der Waals surface area contributed by atoms with Crippen molar-refractivity contribution in [2.45, 2.75) is 38.3 Å². The zero-order valence-corrected chi connectivity index (χ0v) is 14.6. The smallest absolute Gasteiger partial charge is 0.254 e. The van der Waals surface area contributed by atoms with Crippen LogP contribution < -0.4 is 5.32 Å². The summed E-state index contributed by atoms with van der Waals surface area (Å²) in [6.07, 6.45) is 1.79. The second-order valence-corrected chi connectivity index (χ2v) is 7.02. The van der Waals surface area contributed by atoms with E-state index in [1.54, 1.807) is 0 Å². The first-order chi connectivity index (χ1) is 12.1. The minimum Gasteiger partial charge on any atom is -0.396 e. The van der Waals surface area contributed by atoms with Crippen LogP contribution in [0.3, 0.4) is 0 Å². The first-order valence-corrected chi connectivity index (χ1v) is 8.94. The van der Waals surface area contributed by atoms with E-state index in [4.69, 9.17) is 4.74 Å². The summed E-state index contributed by atoms with van der Waals surface area (Å²) in [6, 6.07) is 8.99. The highest BCUT2D eigenvalue weighted by Gasteiger charge is 2.41. The molecular weight excluding hydrogens is 320 g/mol. The lowest BCUT2D eigenvalue weighted by Gasteiger charge is -2.42. The Morgan fingerprint density at radius 1 is 1.32 bits per heavy atom. The van der Waals surface area contributed by atoms with Gasteiger partial charge < -0.3 is 20.1 Å². The second kappa shape index (κ2) is 7.54. The zero-order chi connectivity index (χ0) is 17.9. The van der Waals surface area contributed by atoms with E-state index in [1.807, 2.05) is 35.2 Å². The van der Waals surface area contributed by atoms with Gasteiger partial charge >= 0.3 is 0 Å². The van der Waals surface area contributed by atoms with Crippen molar-refractivity contribution in [2.75, 3.05) is 26.3 Å². The number of morpholine rings is 1. The van der Waals surface area contributed by atoms with E-state index in [9.17, 15) is 14.7 Å². The maximum absolute atomic E-state index is 13.0. The molecule has 1 aromatic rings. The SMILES string of the molecule is CCC1(CO)CCN(C(=O)[C@H]2OCC(=O)N[C@@H]2c2ccccc2)CC1. The van der Waals surface area contributed by atoms with Crippen LogP contribution in [0.4, 0.5) is 0 Å². The summed E-state index contributed by atoms with van der Waals surface area (Å²) in [5.41, 5.74) is 0.793. The van der Waals surface area contributed by atoms with E-state index in [1.165, 1.54) is 0 Å². The summed E-state index contributed by atoms with van der Waals surface area (Å²) in [4.78, 5) is 26.6. The molecule has 0 unspecified atom stereocenters. The predicted octanol–water partition coefficient (Wildman–Crippen LogP) is 1.25. The Hall–Kier alpha value is -1.92. The predicted molar refractivity (Wildman–Crippen MR) is 92.7 cm³/mol. The largest absolute Gasteiger partial charge is 0.396 e. The molecule has 1 aromatic carbocycles. The number of amides is 2. The van der Waals surface area contributed by atoms with E-state index < -0.39 is 12.1 Å². The number of nitrogens with one attached hydrogen (secondary N) is 1. The Morgan fingerprint density at radius 3 is 2.60 bits per heavy atom. The number of hydrogen-bond acceptors (Lipinski definition) is 4. The van der Waals surface area contributed by atoms with E-state index in [2.05, 4.69) is 12.2 Å². The number of likely N-dealkylation sites (tertiary alicyclic amines) is 1. The molecule has 0 aromatic heterocycles. The normalized spacial score (nSPS) is 26.2. The molecule has 136 valence electrons. The quantitative estimate of drug-likeness (QED) is 0.860. The van der Waals surface area contributed by atoms with Crippen LogP contribution in [0.5, 0.6) is 0 Å². The fraction of sp³-hybridized carbons (Fsp3) is 0.579. The molecule has 6 nitrogen and oxygen atoms in total. The highest BCUT2D eigenvalue weighted by atomic mass is 16.5. The fourth-order valence-corrected chi connectivity index (χ4v) is 3.69. The van der Waals surface area contributed by atoms with Crippen molar-refractivity contribution in [1.82, 2.24) is 10.2 Å². The number of ether oxygens (including phenoxy) is 1. The summed E-state index contributed by atoms with van der Waals surface area (Å²) in [5, 5.41) is 12.5. The highest BCUT2D eigenvalue weighted by molar-refractivity contribution is 5.86. The molecule has 2 aliphatic heterocycles. The molecule has 6 heteroatoms. The first kappa shape index (κ1) is 17.9. The maximum atomic E-state index is 13.0. The number of aliphatic hydroxyl groups excluding tert-OH is 1. The van der Waals surface area contributed by atoms with Crippen LogP contribution in [0.1, 0.15) is 37.8 Å².